The van der Waals surface area contributed by atoms with Crippen molar-refractivity contribution in [3.05, 3.63) is 34.9 Å². The van der Waals surface area contributed by atoms with Crippen LogP contribution in [0, 0.1) is 0 Å². The highest BCUT2D eigenvalue weighted by Crippen LogP contribution is 2.24. The van der Waals surface area contributed by atoms with Crippen LogP contribution in [-0.2, 0) is 0 Å². The van der Waals surface area contributed by atoms with Gasteiger partial charge in [-0.2, -0.15) is 0 Å². The third-order valence-corrected chi connectivity index (χ3v) is 4.09. The quantitative estimate of drug-likeness (QED) is 0.925. The second kappa shape index (κ2) is 6.40. The highest BCUT2D eigenvalue weighted by atomic mass is 35.5. The molecule has 0 heterocycles. The fourth-order valence-electron chi connectivity index (χ4n) is 2.77. The van der Waals surface area contributed by atoms with Gasteiger partial charge in [-0.15, -0.1) is 0 Å². The topological polar surface area (TPSA) is 46.3 Å². The number of rotatable bonds is 3. The number of halogens is 1. The lowest BCUT2D eigenvalue weighted by Crippen LogP contribution is -2.44. The Bertz CT molecular complexity index is 442. The summed E-state index contributed by atoms with van der Waals surface area (Å²) in [5.74, 6) is 0.0745. The van der Waals surface area contributed by atoms with Gasteiger partial charge in [-0.3, -0.25) is 4.79 Å². The first kappa shape index (κ1) is 14.4. The summed E-state index contributed by atoms with van der Waals surface area (Å²) in [6.07, 6.45) is 4.01. The number of benzene rings is 1. The number of hydrogen-bond acceptors (Lipinski definition) is 2. The van der Waals surface area contributed by atoms with Crippen molar-refractivity contribution in [3.8, 4) is 0 Å². The zero-order valence-corrected chi connectivity index (χ0v) is 12.1. The molecule has 104 valence electrons. The van der Waals surface area contributed by atoms with E-state index in [1.165, 1.54) is 0 Å². The minimum Gasteiger partial charge on any atom is -0.336 e. The zero-order valence-electron chi connectivity index (χ0n) is 11.3. The van der Waals surface area contributed by atoms with Crippen LogP contribution in [0.3, 0.4) is 0 Å². The van der Waals surface area contributed by atoms with Crippen LogP contribution >= 0.6 is 11.6 Å². The average molecular weight is 281 g/mol. The van der Waals surface area contributed by atoms with Crippen LogP contribution in [0.5, 0.6) is 0 Å². The van der Waals surface area contributed by atoms with Gasteiger partial charge in [0.25, 0.3) is 5.91 Å². The number of amides is 1. The Morgan fingerprint density at radius 3 is 2.63 bits per heavy atom. The minimum atomic E-state index is 0.0745. The lowest BCUT2D eigenvalue weighted by Gasteiger charge is -2.35. The van der Waals surface area contributed by atoms with Crippen LogP contribution in [0.2, 0.25) is 5.02 Å². The van der Waals surface area contributed by atoms with Gasteiger partial charge < -0.3 is 10.6 Å². The van der Waals surface area contributed by atoms with Crippen molar-refractivity contribution in [1.29, 1.82) is 0 Å². The third kappa shape index (κ3) is 3.48. The summed E-state index contributed by atoms with van der Waals surface area (Å²) in [4.78, 5) is 14.5. The molecule has 19 heavy (non-hydrogen) atoms. The number of hydrogen-bond donors (Lipinski definition) is 1. The number of nitrogens with zero attached hydrogens (tertiary/aromatic N) is 1. The van der Waals surface area contributed by atoms with Crippen LogP contribution in [0.15, 0.2) is 24.3 Å². The van der Waals surface area contributed by atoms with Crippen LogP contribution < -0.4 is 5.73 Å². The molecule has 1 aliphatic carbocycles. The monoisotopic (exact) mass is 280 g/mol. The van der Waals surface area contributed by atoms with Crippen LogP contribution in [0.4, 0.5) is 0 Å². The van der Waals surface area contributed by atoms with Crippen molar-refractivity contribution < 1.29 is 4.79 Å². The number of carbonyl (C=O) groups is 1. The smallest absolute Gasteiger partial charge is 0.254 e. The lowest BCUT2D eigenvalue weighted by molar-refractivity contribution is 0.0640. The maximum absolute atomic E-state index is 12.5. The van der Waals surface area contributed by atoms with Gasteiger partial charge in [0.1, 0.15) is 0 Å². The standard InChI is InChI=1S/C15H21ClN2O/c1-2-18(14-8-6-13(17)7-9-14)15(19)11-4-3-5-12(16)10-11/h3-5,10,13-14H,2,6-9,17H2,1H3. The van der Waals surface area contributed by atoms with E-state index in [9.17, 15) is 4.79 Å². The van der Waals surface area contributed by atoms with Crippen molar-refractivity contribution in [3.63, 3.8) is 0 Å². The predicted molar refractivity (Wildman–Crippen MR) is 78.4 cm³/mol. The van der Waals surface area contributed by atoms with Crippen LogP contribution in [0.25, 0.3) is 0 Å². The molecule has 0 spiro atoms. The molecule has 1 amide bonds. The molecule has 1 aliphatic rings. The summed E-state index contributed by atoms with van der Waals surface area (Å²) in [7, 11) is 0. The first-order valence-electron chi connectivity index (χ1n) is 6.94. The van der Waals surface area contributed by atoms with Gasteiger partial charge in [-0.1, -0.05) is 17.7 Å². The Labute approximate surface area is 119 Å². The third-order valence-electron chi connectivity index (χ3n) is 3.86. The molecular formula is C15H21ClN2O. The normalized spacial score (nSPS) is 23.1. The summed E-state index contributed by atoms with van der Waals surface area (Å²) in [6.45, 7) is 2.75. The molecule has 1 aromatic rings. The molecule has 0 bridgehead atoms. The summed E-state index contributed by atoms with van der Waals surface area (Å²) in [5.41, 5.74) is 6.60. The highest BCUT2D eigenvalue weighted by molar-refractivity contribution is 6.30. The van der Waals surface area contributed by atoms with E-state index >= 15 is 0 Å². The van der Waals surface area contributed by atoms with Crippen molar-refractivity contribution in [2.45, 2.75) is 44.7 Å². The van der Waals surface area contributed by atoms with Crippen molar-refractivity contribution in [2.75, 3.05) is 6.54 Å². The maximum atomic E-state index is 12.5. The van der Waals surface area contributed by atoms with Gasteiger partial charge in [0.2, 0.25) is 0 Å². The summed E-state index contributed by atoms with van der Waals surface area (Å²) in [5, 5.41) is 0.604. The fraction of sp³-hybridized carbons (Fsp3) is 0.533. The Hall–Kier alpha value is -1.06. The van der Waals surface area contributed by atoms with Crippen molar-refractivity contribution >= 4 is 17.5 Å². The first-order chi connectivity index (χ1) is 9.11. The van der Waals surface area contributed by atoms with E-state index in [0.717, 1.165) is 32.2 Å². The molecule has 0 saturated heterocycles. The molecule has 1 fully saturated rings. The van der Waals surface area contributed by atoms with E-state index in [4.69, 9.17) is 17.3 Å². The molecule has 1 aromatic carbocycles. The zero-order chi connectivity index (χ0) is 13.8. The van der Waals surface area contributed by atoms with E-state index in [-0.39, 0.29) is 5.91 Å². The molecule has 2 rings (SSSR count). The molecule has 0 atom stereocenters. The Balaban J connectivity index is 2.11. The summed E-state index contributed by atoms with van der Waals surface area (Å²) in [6, 6.07) is 7.79. The molecule has 0 radical (unpaired) electrons. The minimum absolute atomic E-state index is 0.0745. The van der Waals surface area contributed by atoms with Gasteiger partial charge in [-0.25, -0.2) is 0 Å². The van der Waals surface area contributed by atoms with Gasteiger partial charge in [-0.05, 0) is 50.8 Å². The molecule has 0 aromatic heterocycles. The maximum Gasteiger partial charge on any atom is 0.254 e. The summed E-state index contributed by atoms with van der Waals surface area (Å²) >= 11 is 5.95. The molecule has 0 aliphatic heterocycles. The lowest BCUT2D eigenvalue weighted by atomic mass is 9.90. The van der Waals surface area contributed by atoms with Crippen LogP contribution in [-0.4, -0.2) is 29.4 Å². The molecule has 0 unspecified atom stereocenters. The van der Waals surface area contributed by atoms with Crippen LogP contribution in [0.1, 0.15) is 43.0 Å². The van der Waals surface area contributed by atoms with E-state index in [0.29, 0.717) is 22.7 Å². The van der Waals surface area contributed by atoms with E-state index in [2.05, 4.69) is 0 Å². The SMILES string of the molecule is CCN(C(=O)c1cccc(Cl)c1)C1CCC(N)CC1. The Morgan fingerprint density at radius 2 is 2.05 bits per heavy atom. The second-order valence-electron chi connectivity index (χ2n) is 5.17. The van der Waals surface area contributed by atoms with Gasteiger partial charge >= 0.3 is 0 Å². The van der Waals surface area contributed by atoms with E-state index < -0.39 is 0 Å². The molecule has 2 N–H and O–H groups in total. The van der Waals surface area contributed by atoms with E-state index in [1.807, 2.05) is 24.0 Å². The van der Waals surface area contributed by atoms with Gasteiger partial charge in [0.05, 0.1) is 0 Å². The van der Waals surface area contributed by atoms with Gasteiger partial charge in [0, 0.05) is 29.2 Å². The van der Waals surface area contributed by atoms with Gasteiger partial charge in [0.15, 0.2) is 0 Å². The van der Waals surface area contributed by atoms with Crippen molar-refractivity contribution in [2.24, 2.45) is 5.73 Å². The molecule has 1 saturated carbocycles. The van der Waals surface area contributed by atoms with Crippen molar-refractivity contribution in [1.82, 2.24) is 4.90 Å². The molecule has 3 nitrogen and oxygen atoms in total. The number of nitrogens with two attached hydrogens (primary N) is 1. The molecule has 4 heteroatoms. The average Bonchev–Trinajstić information content (AvgIpc) is 2.41. The fourth-order valence-corrected chi connectivity index (χ4v) is 2.96. The Kier molecular flexibility index (Phi) is 4.83. The van der Waals surface area contributed by atoms with E-state index in [1.54, 1.807) is 12.1 Å². The second-order valence-corrected chi connectivity index (χ2v) is 5.61. The summed E-state index contributed by atoms with van der Waals surface area (Å²) < 4.78 is 0. The molecular weight excluding hydrogens is 260 g/mol. The number of carbonyl (C=O) groups excluding carboxylic acids is 1. The first-order valence-corrected chi connectivity index (χ1v) is 7.31. The largest absolute Gasteiger partial charge is 0.336 e. The predicted octanol–water partition coefficient (Wildman–Crippen LogP) is 3.07. The highest BCUT2D eigenvalue weighted by Gasteiger charge is 2.27. The Morgan fingerprint density at radius 1 is 1.37 bits per heavy atom.